The number of nitriles is 1. The zero-order chi connectivity index (χ0) is 13.4. The van der Waals surface area contributed by atoms with Crippen molar-refractivity contribution in [3.05, 3.63) is 51.7 Å². The molecule has 5 heteroatoms. The van der Waals surface area contributed by atoms with Gasteiger partial charge >= 0.3 is 0 Å². The fourth-order valence-electron chi connectivity index (χ4n) is 2.12. The van der Waals surface area contributed by atoms with Crippen LogP contribution in [0, 0.1) is 11.3 Å². The summed E-state index contributed by atoms with van der Waals surface area (Å²) >= 11 is 1.22. The third-order valence-corrected chi connectivity index (χ3v) is 3.82. The lowest BCUT2D eigenvalue weighted by Crippen LogP contribution is -2.42. The molecule has 0 saturated carbocycles. The van der Waals surface area contributed by atoms with Gasteiger partial charge < -0.3 is 0 Å². The first-order valence-electron chi connectivity index (χ1n) is 5.64. The van der Waals surface area contributed by atoms with Crippen LogP contribution in [0.1, 0.15) is 20.8 Å². The lowest BCUT2D eigenvalue weighted by atomic mass is 9.98. The Kier molecular flexibility index (Phi) is 2.65. The van der Waals surface area contributed by atoms with Gasteiger partial charge in [-0.05, 0) is 17.7 Å². The van der Waals surface area contributed by atoms with Crippen molar-refractivity contribution >= 4 is 28.8 Å². The Morgan fingerprint density at radius 1 is 1.26 bits per heavy atom. The molecule has 1 aliphatic heterocycles. The number of rotatable bonds is 1. The molecule has 0 N–H and O–H groups in total. The molecule has 1 aromatic carbocycles. The zero-order valence-electron chi connectivity index (χ0n) is 9.79. The van der Waals surface area contributed by atoms with Crippen molar-refractivity contribution in [2.24, 2.45) is 0 Å². The number of nitrogens with zero attached hydrogens (tertiary/aromatic N) is 2. The Morgan fingerprint density at radius 2 is 2.05 bits per heavy atom. The van der Waals surface area contributed by atoms with Crippen molar-refractivity contribution in [3.63, 3.8) is 0 Å². The summed E-state index contributed by atoms with van der Waals surface area (Å²) in [5.74, 6) is -0.583. The molecule has 0 bridgehead atoms. The van der Waals surface area contributed by atoms with Gasteiger partial charge in [0.1, 0.15) is 10.9 Å². The predicted octanol–water partition coefficient (Wildman–Crippen LogP) is 2.35. The molecule has 0 fully saturated rings. The minimum Gasteiger partial charge on any atom is -0.274 e. The van der Waals surface area contributed by atoms with Crippen molar-refractivity contribution in [2.45, 2.75) is 6.42 Å². The fourth-order valence-corrected chi connectivity index (χ4v) is 2.78. The molecular weight excluding hydrogens is 260 g/mol. The van der Waals surface area contributed by atoms with Crippen LogP contribution in [0.25, 0.3) is 0 Å². The molecule has 19 heavy (non-hydrogen) atoms. The van der Waals surface area contributed by atoms with E-state index in [0.717, 1.165) is 10.5 Å². The van der Waals surface area contributed by atoms with Crippen molar-refractivity contribution in [3.8, 4) is 6.07 Å². The molecule has 92 valence electrons. The largest absolute Gasteiger partial charge is 0.274 e. The Labute approximate surface area is 113 Å². The quantitative estimate of drug-likeness (QED) is 0.746. The molecule has 0 aliphatic carbocycles. The van der Waals surface area contributed by atoms with Gasteiger partial charge in [-0.2, -0.15) is 5.26 Å². The van der Waals surface area contributed by atoms with Crippen LogP contribution < -0.4 is 4.90 Å². The SMILES string of the molecule is N#Cc1cc(N2C(=O)Cc3ccccc3C2=O)cs1. The first-order valence-corrected chi connectivity index (χ1v) is 6.52. The van der Waals surface area contributed by atoms with Crippen LogP contribution in [-0.2, 0) is 11.2 Å². The van der Waals surface area contributed by atoms with E-state index < -0.39 is 0 Å². The van der Waals surface area contributed by atoms with Crippen LogP contribution in [0.4, 0.5) is 5.69 Å². The Bertz CT molecular complexity index is 727. The van der Waals surface area contributed by atoms with E-state index in [1.54, 1.807) is 29.6 Å². The van der Waals surface area contributed by atoms with E-state index in [9.17, 15) is 9.59 Å². The summed E-state index contributed by atoms with van der Waals surface area (Å²) in [5.41, 5.74) is 1.78. The lowest BCUT2D eigenvalue weighted by Gasteiger charge is -2.25. The summed E-state index contributed by atoms with van der Waals surface area (Å²) in [4.78, 5) is 26.1. The van der Waals surface area contributed by atoms with Crippen molar-refractivity contribution in [1.29, 1.82) is 5.26 Å². The Balaban J connectivity index is 2.07. The number of fused-ring (bicyclic) bond motifs is 1. The number of hydrogen-bond acceptors (Lipinski definition) is 4. The highest BCUT2D eigenvalue weighted by Crippen LogP contribution is 2.28. The number of carbonyl (C=O) groups excluding carboxylic acids is 2. The molecule has 1 aliphatic rings. The van der Waals surface area contributed by atoms with E-state index in [4.69, 9.17) is 5.26 Å². The Hall–Kier alpha value is -2.45. The third-order valence-electron chi connectivity index (χ3n) is 3.00. The van der Waals surface area contributed by atoms with Crippen LogP contribution in [0.5, 0.6) is 0 Å². The molecule has 2 amide bonds. The lowest BCUT2D eigenvalue weighted by molar-refractivity contribution is -0.117. The van der Waals surface area contributed by atoms with Gasteiger partial charge in [-0.15, -0.1) is 11.3 Å². The number of carbonyl (C=O) groups is 2. The second kappa shape index (κ2) is 4.34. The zero-order valence-corrected chi connectivity index (χ0v) is 10.6. The average molecular weight is 268 g/mol. The van der Waals surface area contributed by atoms with Crippen molar-refractivity contribution in [2.75, 3.05) is 4.90 Å². The summed E-state index contributed by atoms with van der Waals surface area (Å²) in [6.45, 7) is 0. The maximum atomic E-state index is 12.4. The van der Waals surface area contributed by atoms with Gasteiger partial charge in [0.15, 0.2) is 0 Å². The fraction of sp³-hybridized carbons (Fsp3) is 0.0714. The van der Waals surface area contributed by atoms with Crippen LogP contribution >= 0.6 is 11.3 Å². The monoisotopic (exact) mass is 268 g/mol. The average Bonchev–Trinajstić information content (AvgIpc) is 2.87. The van der Waals surface area contributed by atoms with Gasteiger partial charge in [-0.1, -0.05) is 18.2 Å². The van der Waals surface area contributed by atoms with Gasteiger partial charge in [-0.25, -0.2) is 4.90 Å². The smallest absolute Gasteiger partial charge is 0.265 e. The predicted molar refractivity (Wildman–Crippen MR) is 71.0 cm³/mol. The highest BCUT2D eigenvalue weighted by Gasteiger charge is 2.32. The van der Waals surface area contributed by atoms with E-state index in [2.05, 4.69) is 0 Å². The minimum absolute atomic E-state index is 0.208. The molecular formula is C14H8N2O2S. The standard InChI is InChI=1S/C14H8N2O2S/c15-7-11-6-10(8-19-11)16-13(17)5-9-3-1-2-4-12(9)14(16)18/h1-4,6,8H,5H2. The van der Waals surface area contributed by atoms with Crippen molar-refractivity contribution < 1.29 is 9.59 Å². The van der Waals surface area contributed by atoms with Crippen LogP contribution in [0.2, 0.25) is 0 Å². The first-order chi connectivity index (χ1) is 9.20. The minimum atomic E-state index is -0.325. The molecule has 0 radical (unpaired) electrons. The molecule has 1 aromatic heterocycles. The van der Waals surface area contributed by atoms with E-state index in [1.165, 1.54) is 11.3 Å². The van der Waals surface area contributed by atoms with E-state index in [0.29, 0.717) is 16.1 Å². The Morgan fingerprint density at radius 3 is 2.79 bits per heavy atom. The number of anilines is 1. The molecule has 0 atom stereocenters. The van der Waals surface area contributed by atoms with Gasteiger partial charge in [0.05, 0.1) is 12.1 Å². The number of amides is 2. The van der Waals surface area contributed by atoms with E-state index in [1.807, 2.05) is 12.1 Å². The molecule has 0 saturated heterocycles. The molecule has 4 nitrogen and oxygen atoms in total. The maximum Gasteiger partial charge on any atom is 0.265 e. The van der Waals surface area contributed by atoms with Gasteiger partial charge in [0, 0.05) is 10.9 Å². The normalized spacial score (nSPS) is 14.2. The second-order valence-electron chi connectivity index (χ2n) is 4.15. The maximum absolute atomic E-state index is 12.4. The highest BCUT2D eigenvalue weighted by atomic mass is 32.1. The van der Waals surface area contributed by atoms with Gasteiger partial charge in [0.25, 0.3) is 5.91 Å². The van der Waals surface area contributed by atoms with E-state index in [-0.39, 0.29) is 18.2 Å². The van der Waals surface area contributed by atoms with E-state index >= 15 is 0 Å². The number of benzene rings is 1. The number of imide groups is 1. The molecule has 3 rings (SSSR count). The number of thiophene rings is 1. The van der Waals surface area contributed by atoms with Gasteiger partial charge in [0.2, 0.25) is 5.91 Å². The summed E-state index contributed by atoms with van der Waals surface area (Å²) in [5, 5.41) is 10.5. The topological polar surface area (TPSA) is 61.2 Å². The highest BCUT2D eigenvalue weighted by molar-refractivity contribution is 7.11. The molecule has 0 spiro atoms. The van der Waals surface area contributed by atoms with Gasteiger partial charge in [-0.3, -0.25) is 9.59 Å². The van der Waals surface area contributed by atoms with Crippen LogP contribution in [0.3, 0.4) is 0 Å². The third kappa shape index (κ3) is 1.83. The van der Waals surface area contributed by atoms with Crippen LogP contribution in [0.15, 0.2) is 35.7 Å². The summed E-state index contributed by atoms with van der Waals surface area (Å²) < 4.78 is 0. The van der Waals surface area contributed by atoms with Crippen molar-refractivity contribution in [1.82, 2.24) is 0 Å². The summed E-state index contributed by atoms with van der Waals surface area (Å²) in [6.07, 6.45) is 0.208. The first kappa shape index (κ1) is 11.6. The second-order valence-corrected chi connectivity index (χ2v) is 5.06. The summed E-state index contributed by atoms with van der Waals surface area (Å²) in [6, 6.07) is 10.7. The summed E-state index contributed by atoms with van der Waals surface area (Å²) in [7, 11) is 0. The molecule has 0 unspecified atom stereocenters. The van der Waals surface area contributed by atoms with Crippen LogP contribution in [-0.4, -0.2) is 11.8 Å². The number of hydrogen-bond donors (Lipinski definition) is 0. The molecule has 2 heterocycles. The molecule has 2 aromatic rings.